The summed E-state index contributed by atoms with van der Waals surface area (Å²) in [5.41, 5.74) is 1.49. The molecule has 2 rings (SSSR count). The van der Waals surface area contributed by atoms with Gasteiger partial charge in [0.2, 0.25) is 5.60 Å². The Morgan fingerprint density at radius 1 is 1.31 bits per heavy atom. The predicted octanol–water partition coefficient (Wildman–Crippen LogP) is 2.75. The van der Waals surface area contributed by atoms with Crippen molar-refractivity contribution in [2.75, 3.05) is 6.61 Å². The van der Waals surface area contributed by atoms with Gasteiger partial charge in [-0.25, -0.2) is 0 Å². The van der Waals surface area contributed by atoms with Gasteiger partial charge in [-0.1, -0.05) is 6.92 Å². The number of hydrogen-bond donors (Lipinski definition) is 0. The maximum Gasteiger partial charge on any atom is 0.227 e. The molecule has 16 heavy (non-hydrogen) atoms. The van der Waals surface area contributed by atoms with Crippen LogP contribution in [0.1, 0.15) is 24.5 Å². The zero-order valence-corrected chi connectivity index (χ0v) is 9.83. The first kappa shape index (κ1) is 10.8. The highest BCUT2D eigenvalue weighted by Crippen LogP contribution is 2.38. The Kier molecular flexibility index (Phi) is 2.51. The molecule has 0 saturated heterocycles. The summed E-state index contributed by atoms with van der Waals surface area (Å²) in [7, 11) is 0. The van der Waals surface area contributed by atoms with Crippen LogP contribution in [0.25, 0.3) is 0 Å². The molecule has 0 fully saturated rings. The Balaban J connectivity index is 2.41. The van der Waals surface area contributed by atoms with Crippen molar-refractivity contribution in [2.45, 2.75) is 32.8 Å². The van der Waals surface area contributed by atoms with Crippen LogP contribution in [-0.2, 0) is 0 Å². The summed E-state index contributed by atoms with van der Waals surface area (Å²) >= 11 is 0. The number of nitrogens with zero attached hydrogens (tertiary/aromatic N) is 1. The third kappa shape index (κ3) is 1.61. The van der Waals surface area contributed by atoms with Crippen LogP contribution >= 0.6 is 0 Å². The molecule has 1 aliphatic rings. The second kappa shape index (κ2) is 3.71. The van der Waals surface area contributed by atoms with Gasteiger partial charge in [-0.2, -0.15) is 5.26 Å². The summed E-state index contributed by atoms with van der Waals surface area (Å²) in [4.78, 5) is 0. The fourth-order valence-corrected chi connectivity index (χ4v) is 1.70. The van der Waals surface area contributed by atoms with Crippen LogP contribution in [0, 0.1) is 25.2 Å². The van der Waals surface area contributed by atoms with E-state index in [1.807, 2.05) is 32.9 Å². The molecule has 1 aromatic rings. The summed E-state index contributed by atoms with van der Waals surface area (Å²) in [5.74, 6) is 1.42. The molecule has 1 aromatic carbocycles. The van der Waals surface area contributed by atoms with E-state index in [4.69, 9.17) is 14.7 Å². The molecule has 84 valence electrons. The van der Waals surface area contributed by atoms with E-state index < -0.39 is 5.60 Å². The van der Waals surface area contributed by atoms with E-state index in [1.54, 1.807) is 0 Å². The minimum absolute atomic E-state index is 0.301. The zero-order valence-electron chi connectivity index (χ0n) is 9.83. The highest BCUT2D eigenvalue weighted by molar-refractivity contribution is 5.48. The standard InChI is InChI=1S/C13H15NO2/c1-4-13(7-14)8-15-11-5-9(2)10(3)6-12(11)16-13/h5-6H,4,8H2,1-3H3/t13-/m0/s1. The highest BCUT2D eigenvalue weighted by Gasteiger charge is 2.36. The van der Waals surface area contributed by atoms with Crippen LogP contribution < -0.4 is 9.47 Å². The Morgan fingerprint density at radius 2 is 1.94 bits per heavy atom. The molecule has 1 atom stereocenters. The van der Waals surface area contributed by atoms with Crippen molar-refractivity contribution in [3.8, 4) is 17.6 Å². The fourth-order valence-electron chi connectivity index (χ4n) is 1.70. The van der Waals surface area contributed by atoms with Crippen molar-refractivity contribution >= 4 is 0 Å². The van der Waals surface area contributed by atoms with Crippen LogP contribution in [0.2, 0.25) is 0 Å². The van der Waals surface area contributed by atoms with Crippen molar-refractivity contribution < 1.29 is 9.47 Å². The first-order chi connectivity index (χ1) is 7.60. The zero-order chi connectivity index (χ0) is 11.8. The monoisotopic (exact) mass is 217 g/mol. The topological polar surface area (TPSA) is 42.2 Å². The number of hydrogen-bond acceptors (Lipinski definition) is 3. The Labute approximate surface area is 95.6 Å². The molecule has 0 N–H and O–H groups in total. The number of rotatable bonds is 1. The number of nitriles is 1. The lowest BCUT2D eigenvalue weighted by atomic mass is 10.0. The summed E-state index contributed by atoms with van der Waals surface area (Å²) < 4.78 is 11.4. The van der Waals surface area contributed by atoms with Gasteiger partial charge in [-0.05, 0) is 37.1 Å². The minimum atomic E-state index is -0.825. The van der Waals surface area contributed by atoms with Gasteiger partial charge in [0.25, 0.3) is 0 Å². The Hall–Kier alpha value is -1.69. The molecule has 0 aliphatic carbocycles. The average molecular weight is 217 g/mol. The van der Waals surface area contributed by atoms with Crippen LogP contribution in [-0.4, -0.2) is 12.2 Å². The van der Waals surface area contributed by atoms with Crippen LogP contribution in [0.3, 0.4) is 0 Å². The van der Waals surface area contributed by atoms with Crippen LogP contribution in [0.15, 0.2) is 12.1 Å². The van der Waals surface area contributed by atoms with E-state index >= 15 is 0 Å². The smallest absolute Gasteiger partial charge is 0.227 e. The lowest BCUT2D eigenvalue weighted by Gasteiger charge is -2.32. The van der Waals surface area contributed by atoms with Gasteiger partial charge in [0.05, 0.1) is 0 Å². The van der Waals surface area contributed by atoms with Crippen molar-refractivity contribution in [3.05, 3.63) is 23.3 Å². The predicted molar refractivity (Wildman–Crippen MR) is 60.7 cm³/mol. The second-order valence-corrected chi connectivity index (χ2v) is 4.23. The molecule has 0 bridgehead atoms. The van der Waals surface area contributed by atoms with E-state index in [2.05, 4.69) is 6.07 Å². The van der Waals surface area contributed by atoms with Gasteiger partial charge < -0.3 is 9.47 Å². The van der Waals surface area contributed by atoms with Gasteiger partial charge in [0.1, 0.15) is 12.7 Å². The third-order valence-electron chi connectivity index (χ3n) is 3.10. The largest absolute Gasteiger partial charge is 0.484 e. The molecule has 0 unspecified atom stereocenters. The van der Waals surface area contributed by atoms with Crippen LogP contribution in [0.5, 0.6) is 11.5 Å². The van der Waals surface area contributed by atoms with Gasteiger partial charge in [-0.3, -0.25) is 0 Å². The summed E-state index contributed by atoms with van der Waals surface area (Å²) in [6.45, 7) is 6.28. The molecule has 3 nitrogen and oxygen atoms in total. The number of ether oxygens (including phenoxy) is 2. The molecule has 1 aliphatic heterocycles. The quantitative estimate of drug-likeness (QED) is 0.726. The molecule has 3 heteroatoms. The lowest BCUT2D eigenvalue weighted by molar-refractivity contribution is 0.0328. The summed E-state index contributed by atoms with van der Waals surface area (Å²) in [6, 6.07) is 6.09. The van der Waals surface area contributed by atoms with Crippen molar-refractivity contribution in [2.24, 2.45) is 0 Å². The molecule has 0 spiro atoms. The normalized spacial score (nSPS) is 22.6. The fraction of sp³-hybridized carbons (Fsp3) is 0.462. The number of aryl methyl sites for hydroxylation is 2. The van der Waals surface area contributed by atoms with E-state index in [9.17, 15) is 0 Å². The van der Waals surface area contributed by atoms with Gasteiger partial charge in [-0.15, -0.1) is 0 Å². The molecule has 0 amide bonds. The first-order valence-corrected chi connectivity index (χ1v) is 5.44. The van der Waals surface area contributed by atoms with E-state index in [0.717, 1.165) is 11.3 Å². The maximum atomic E-state index is 9.14. The number of benzene rings is 1. The Bertz CT molecular complexity index is 462. The second-order valence-electron chi connectivity index (χ2n) is 4.23. The van der Waals surface area contributed by atoms with Crippen molar-refractivity contribution in [1.82, 2.24) is 0 Å². The summed E-state index contributed by atoms with van der Waals surface area (Å²) in [6.07, 6.45) is 0.621. The lowest BCUT2D eigenvalue weighted by Crippen LogP contribution is -2.43. The van der Waals surface area contributed by atoms with Crippen molar-refractivity contribution in [3.63, 3.8) is 0 Å². The minimum Gasteiger partial charge on any atom is -0.484 e. The number of fused-ring (bicyclic) bond motifs is 1. The van der Waals surface area contributed by atoms with Crippen LogP contribution in [0.4, 0.5) is 0 Å². The van der Waals surface area contributed by atoms with Gasteiger partial charge in [0.15, 0.2) is 11.5 Å². The molecule has 0 saturated carbocycles. The first-order valence-electron chi connectivity index (χ1n) is 5.44. The average Bonchev–Trinajstić information content (AvgIpc) is 2.30. The highest BCUT2D eigenvalue weighted by atomic mass is 16.6. The van der Waals surface area contributed by atoms with E-state index in [1.165, 1.54) is 5.56 Å². The van der Waals surface area contributed by atoms with Gasteiger partial charge >= 0.3 is 0 Å². The maximum absolute atomic E-state index is 9.14. The molecular formula is C13H15NO2. The van der Waals surface area contributed by atoms with Crippen molar-refractivity contribution in [1.29, 1.82) is 5.26 Å². The molecule has 1 heterocycles. The third-order valence-corrected chi connectivity index (χ3v) is 3.10. The summed E-state index contributed by atoms with van der Waals surface area (Å²) in [5, 5.41) is 9.14. The molecule has 0 radical (unpaired) electrons. The van der Waals surface area contributed by atoms with E-state index in [0.29, 0.717) is 18.8 Å². The molecular weight excluding hydrogens is 202 g/mol. The van der Waals surface area contributed by atoms with Gasteiger partial charge in [0, 0.05) is 6.42 Å². The SMILES string of the molecule is CC[C@]1(C#N)COc2cc(C)c(C)cc2O1. The van der Waals surface area contributed by atoms with E-state index in [-0.39, 0.29) is 0 Å². The Morgan fingerprint density at radius 3 is 2.50 bits per heavy atom. The molecule has 0 aromatic heterocycles.